The van der Waals surface area contributed by atoms with Crippen LogP contribution in [0.1, 0.15) is 24.0 Å². The summed E-state index contributed by atoms with van der Waals surface area (Å²) < 4.78 is 13.4. The largest absolute Gasteiger partial charge is 0.481 e. The number of carbonyl (C=O) groups excluding carboxylic acids is 1. The zero-order chi connectivity index (χ0) is 16.1. The number of carbonyl (C=O) groups is 2. The van der Waals surface area contributed by atoms with Crippen molar-refractivity contribution in [1.29, 1.82) is 5.26 Å². The van der Waals surface area contributed by atoms with Gasteiger partial charge in [0.15, 0.2) is 0 Å². The number of amides is 2. The Labute approximate surface area is 127 Å². The van der Waals surface area contributed by atoms with Gasteiger partial charge in [0.1, 0.15) is 11.9 Å². The molecule has 0 spiro atoms. The minimum absolute atomic E-state index is 0.0363. The maximum absolute atomic E-state index is 13.4. The maximum atomic E-state index is 13.4. The molecular formula is C15H16FN3O3. The molecule has 0 saturated carbocycles. The van der Waals surface area contributed by atoms with Crippen molar-refractivity contribution in [3.8, 4) is 6.07 Å². The normalized spacial score (nSPS) is 15.2. The highest BCUT2D eigenvalue weighted by Gasteiger charge is 2.26. The predicted molar refractivity (Wildman–Crippen MR) is 75.3 cm³/mol. The number of hydrogen-bond acceptors (Lipinski definition) is 3. The fourth-order valence-electron chi connectivity index (χ4n) is 2.38. The van der Waals surface area contributed by atoms with Crippen LogP contribution < -0.4 is 5.32 Å². The number of nitrogens with one attached hydrogen (secondary N) is 1. The molecule has 2 amide bonds. The zero-order valence-corrected chi connectivity index (χ0v) is 11.9. The lowest BCUT2D eigenvalue weighted by Gasteiger charge is -2.30. The number of rotatable bonds is 3. The number of nitrogens with zero attached hydrogens (tertiary/aromatic N) is 2. The molecule has 116 valence electrons. The summed E-state index contributed by atoms with van der Waals surface area (Å²) in [6.45, 7) is 0.940. The van der Waals surface area contributed by atoms with Crippen LogP contribution in [0.3, 0.4) is 0 Å². The summed E-state index contributed by atoms with van der Waals surface area (Å²) in [4.78, 5) is 24.4. The van der Waals surface area contributed by atoms with Crippen molar-refractivity contribution in [3.05, 3.63) is 35.1 Å². The van der Waals surface area contributed by atoms with Crippen LogP contribution in [0.15, 0.2) is 18.2 Å². The standard InChI is InChI=1S/C15H16FN3O3/c16-13-7-10(1-2-12(13)8-17)9-18-15(22)19-5-3-11(4-6-19)14(20)21/h1-2,7,11H,3-6,9H2,(H,18,22)(H,20,21). The van der Waals surface area contributed by atoms with Crippen molar-refractivity contribution in [2.24, 2.45) is 5.92 Å². The Hall–Kier alpha value is -2.62. The molecule has 1 aromatic rings. The number of urea groups is 1. The fourth-order valence-corrected chi connectivity index (χ4v) is 2.38. The lowest BCUT2D eigenvalue weighted by atomic mass is 9.97. The molecule has 1 saturated heterocycles. The van der Waals surface area contributed by atoms with E-state index in [4.69, 9.17) is 10.4 Å². The summed E-state index contributed by atoms with van der Waals surface area (Å²) in [5, 5.41) is 20.2. The molecule has 6 nitrogen and oxygen atoms in total. The number of carboxylic acids is 1. The van der Waals surface area contributed by atoms with Crippen molar-refractivity contribution < 1.29 is 19.1 Å². The van der Waals surface area contributed by atoms with E-state index in [-0.39, 0.29) is 18.1 Å². The minimum Gasteiger partial charge on any atom is -0.481 e. The molecule has 0 aromatic heterocycles. The minimum atomic E-state index is -0.826. The van der Waals surface area contributed by atoms with Gasteiger partial charge in [0.2, 0.25) is 0 Å². The summed E-state index contributed by atoms with van der Waals surface area (Å²) in [5.41, 5.74) is 0.524. The average molecular weight is 305 g/mol. The van der Waals surface area contributed by atoms with Crippen LogP contribution in [0.5, 0.6) is 0 Å². The first-order valence-corrected chi connectivity index (χ1v) is 6.95. The molecule has 0 aliphatic carbocycles. The Morgan fingerprint density at radius 2 is 2.09 bits per heavy atom. The van der Waals surface area contributed by atoms with Crippen LogP contribution in [0.4, 0.5) is 9.18 Å². The monoisotopic (exact) mass is 305 g/mol. The molecule has 0 unspecified atom stereocenters. The Balaban J connectivity index is 1.85. The SMILES string of the molecule is N#Cc1ccc(CNC(=O)N2CCC(C(=O)O)CC2)cc1F. The van der Waals surface area contributed by atoms with Crippen molar-refractivity contribution >= 4 is 12.0 Å². The molecule has 2 N–H and O–H groups in total. The van der Waals surface area contributed by atoms with E-state index in [1.807, 2.05) is 0 Å². The van der Waals surface area contributed by atoms with Crippen LogP contribution in [-0.2, 0) is 11.3 Å². The van der Waals surface area contributed by atoms with Gasteiger partial charge in [-0.1, -0.05) is 6.07 Å². The number of halogens is 1. The molecule has 1 heterocycles. The number of carboxylic acid groups (broad SMARTS) is 1. The molecule has 7 heteroatoms. The third-order valence-electron chi connectivity index (χ3n) is 3.73. The van der Waals surface area contributed by atoms with Crippen molar-refractivity contribution in [1.82, 2.24) is 10.2 Å². The first-order chi connectivity index (χ1) is 10.5. The van der Waals surface area contributed by atoms with E-state index in [0.717, 1.165) is 0 Å². The zero-order valence-electron chi connectivity index (χ0n) is 11.9. The molecule has 0 atom stereocenters. The third kappa shape index (κ3) is 3.73. The molecule has 0 radical (unpaired) electrons. The van der Waals surface area contributed by atoms with Gasteiger partial charge in [0.05, 0.1) is 11.5 Å². The van der Waals surface area contributed by atoms with E-state index in [0.29, 0.717) is 31.5 Å². The first kappa shape index (κ1) is 15.8. The molecule has 2 rings (SSSR count). The van der Waals surface area contributed by atoms with Crippen LogP contribution >= 0.6 is 0 Å². The molecule has 1 aliphatic rings. The Bertz CT molecular complexity index is 619. The Kier molecular flexibility index (Phi) is 4.94. The second-order valence-corrected chi connectivity index (χ2v) is 5.18. The van der Waals surface area contributed by atoms with Gasteiger partial charge >= 0.3 is 12.0 Å². The van der Waals surface area contributed by atoms with Gasteiger partial charge in [-0.05, 0) is 30.5 Å². The van der Waals surface area contributed by atoms with Crippen LogP contribution in [0.2, 0.25) is 0 Å². The van der Waals surface area contributed by atoms with Gasteiger partial charge in [0, 0.05) is 19.6 Å². The summed E-state index contributed by atoms with van der Waals surface area (Å²) >= 11 is 0. The summed E-state index contributed by atoms with van der Waals surface area (Å²) in [6, 6.07) is 5.61. The van der Waals surface area contributed by atoms with E-state index in [1.54, 1.807) is 17.0 Å². The van der Waals surface area contributed by atoms with Gasteiger partial charge in [-0.15, -0.1) is 0 Å². The molecule has 1 fully saturated rings. The third-order valence-corrected chi connectivity index (χ3v) is 3.73. The van der Waals surface area contributed by atoms with Gasteiger partial charge in [-0.25, -0.2) is 9.18 Å². The highest BCUT2D eigenvalue weighted by atomic mass is 19.1. The fraction of sp³-hybridized carbons (Fsp3) is 0.400. The lowest BCUT2D eigenvalue weighted by molar-refractivity contribution is -0.143. The van der Waals surface area contributed by atoms with Gasteiger partial charge in [0.25, 0.3) is 0 Å². The number of hydrogen-bond donors (Lipinski definition) is 2. The quantitative estimate of drug-likeness (QED) is 0.889. The summed E-state index contributed by atoms with van der Waals surface area (Å²) in [5.74, 6) is -1.83. The van der Waals surface area contributed by atoms with E-state index in [2.05, 4.69) is 5.32 Å². The number of aliphatic carboxylic acids is 1. The Morgan fingerprint density at radius 3 is 2.64 bits per heavy atom. The second kappa shape index (κ2) is 6.89. The Morgan fingerprint density at radius 1 is 1.41 bits per heavy atom. The number of benzene rings is 1. The van der Waals surface area contributed by atoms with E-state index >= 15 is 0 Å². The molecule has 1 aromatic carbocycles. The van der Waals surface area contributed by atoms with E-state index in [9.17, 15) is 14.0 Å². The van der Waals surface area contributed by atoms with Gasteiger partial charge in [-0.3, -0.25) is 4.79 Å². The van der Waals surface area contributed by atoms with Crippen LogP contribution in [0.25, 0.3) is 0 Å². The number of piperidine rings is 1. The van der Waals surface area contributed by atoms with Crippen LogP contribution in [-0.4, -0.2) is 35.1 Å². The molecule has 1 aliphatic heterocycles. The van der Waals surface area contributed by atoms with Crippen LogP contribution in [0, 0.1) is 23.1 Å². The van der Waals surface area contributed by atoms with E-state index in [1.165, 1.54) is 12.1 Å². The average Bonchev–Trinajstić information content (AvgIpc) is 2.52. The van der Waals surface area contributed by atoms with Crippen molar-refractivity contribution in [2.45, 2.75) is 19.4 Å². The molecule has 22 heavy (non-hydrogen) atoms. The highest BCUT2D eigenvalue weighted by molar-refractivity contribution is 5.75. The van der Waals surface area contributed by atoms with E-state index < -0.39 is 17.7 Å². The number of likely N-dealkylation sites (tertiary alicyclic amines) is 1. The van der Waals surface area contributed by atoms with Crippen molar-refractivity contribution in [3.63, 3.8) is 0 Å². The number of nitriles is 1. The van der Waals surface area contributed by atoms with Crippen molar-refractivity contribution in [2.75, 3.05) is 13.1 Å². The lowest BCUT2D eigenvalue weighted by Crippen LogP contribution is -2.45. The molecule has 0 bridgehead atoms. The van der Waals surface area contributed by atoms with Gasteiger partial charge < -0.3 is 15.3 Å². The van der Waals surface area contributed by atoms with Gasteiger partial charge in [-0.2, -0.15) is 5.26 Å². The first-order valence-electron chi connectivity index (χ1n) is 6.95. The smallest absolute Gasteiger partial charge is 0.317 e. The molecular weight excluding hydrogens is 289 g/mol. The highest BCUT2D eigenvalue weighted by Crippen LogP contribution is 2.17. The maximum Gasteiger partial charge on any atom is 0.317 e. The summed E-state index contributed by atoms with van der Waals surface area (Å²) in [7, 11) is 0. The summed E-state index contributed by atoms with van der Waals surface area (Å²) in [6.07, 6.45) is 0.877. The topological polar surface area (TPSA) is 93.4 Å². The predicted octanol–water partition coefficient (Wildman–Crippen LogP) is 1.70. The second-order valence-electron chi connectivity index (χ2n) is 5.18.